The molecule has 0 bridgehead atoms. The molecule has 174 valence electrons. The summed E-state index contributed by atoms with van der Waals surface area (Å²) in [5.74, 6) is -1.85. The van der Waals surface area contributed by atoms with E-state index in [-0.39, 0.29) is 18.1 Å². The third kappa shape index (κ3) is 6.25. The van der Waals surface area contributed by atoms with Crippen LogP contribution in [0.15, 0.2) is 65.1 Å². The monoisotopic (exact) mass is 464 g/mol. The summed E-state index contributed by atoms with van der Waals surface area (Å²) in [6, 6.07) is 14.6. The summed E-state index contributed by atoms with van der Waals surface area (Å²) in [4.78, 5) is 22.4. The Kier molecular flexibility index (Phi) is 6.61. The van der Waals surface area contributed by atoms with Crippen LogP contribution < -0.4 is 14.8 Å². The number of halogens is 3. The van der Waals surface area contributed by atoms with Crippen molar-refractivity contribution in [3.63, 3.8) is 0 Å². The number of nitrogens with one attached hydrogen (secondary N) is 1. The number of hydrogen-bond donors (Lipinski definition) is 1. The summed E-state index contributed by atoms with van der Waals surface area (Å²) in [5, 5.41) is 13.5. The molecule has 0 aliphatic carbocycles. The fourth-order valence-corrected chi connectivity index (χ4v) is 2.92. The Labute approximate surface area is 186 Å². The van der Waals surface area contributed by atoms with E-state index >= 15 is 0 Å². The molecule has 0 atom stereocenters. The minimum atomic E-state index is -4.84. The molecule has 1 amide bonds. The van der Waals surface area contributed by atoms with Gasteiger partial charge >= 0.3 is 12.2 Å². The molecule has 0 saturated carbocycles. The van der Waals surface area contributed by atoms with Gasteiger partial charge in [-0.2, -0.15) is 0 Å². The number of carbonyl (C=O) groups is 1. The number of carbonyl (C=O) groups excluding carboxylic acids is 1. The average Bonchev–Trinajstić information content (AvgIpc) is 3.23. The Morgan fingerprint density at radius 1 is 1.03 bits per heavy atom. The summed E-state index contributed by atoms with van der Waals surface area (Å²) >= 11 is 0. The minimum absolute atomic E-state index is 0.0125. The Morgan fingerprint density at radius 2 is 1.67 bits per heavy atom. The van der Waals surface area contributed by atoms with Crippen molar-refractivity contribution in [1.29, 1.82) is 0 Å². The Morgan fingerprint density at radius 3 is 2.24 bits per heavy atom. The van der Waals surface area contributed by atoms with E-state index in [1.165, 1.54) is 24.3 Å². The van der Waals surface area contributed by atoms with E-state index in [1.54, 1.807) is 38.1 Å². The van der Waals surface area contributed by atoms with Gasteiger partial charge in [-0.05, 0) is 43.2 Å². The van der Waals surface area contributed by atoms with Crippen LogP contribution in [0.25, 0.3) is 0 Å². The molecule has 33 heavy (non-hydrogen) atoms. The Balaban J connectivity index is 1.65. The van der Waals surface area contributed by atoms with Gasteiger partial charge in [-0.3, -0.25) is 14.9 Å². The standard InChI is InChI=1S/C22H19F3N2O6/c1-21(2,26-20(28)18-11-12-19(32-18)27(29)30)15-9-7-14(8-10-15)13-31-16-5-3-4-6-17(16)33-22(23,24)25/h3-12H,13H2,1-2H3,(H,26,28). The molecule has 0 saturated heterocycles. The molecule has 3 rings (SSSR count). The molecule has 0 aliphatic rings. The van der Waals surface area contributed by atoms with Gasteiger partial charge in [0.1, 0.15) is 11.5 Å². The molecule has 8 nitrogen and oxygen atoms in total. The van der Waals surface area contributed by atoms with Crippen molar-refractivity contribution in [3.8, 4) is 11.5 Å². The van der Waals surface area contributed by atoms with Gasteiger partial charge in [0.2, 0.25) is 0 Å². The number of amides is 1. The fraction of sp³-hybridized carbons (Fsp3) is 0.227. The van der Waals surface area contributed by atoms with E-state index in [2.05, 4.69) is 10.1 Å². The summed E-state index contributed by atoms with van der Waals surface area (Å²) in [7, 11) is 0. The van der Waals surface area contributed by atoms with Crippen molar-refractivity contribution in [2.45, 2.75) is 32.4 Å². The Bertz CT molecular complexity index is 1140. The lowest BCUT2D eigenvalue weighted by Gasteiger charge is -2.26. The molecule has 2 aromatic carbocycles. The third-order valence-corrected chi connectivity index (χ3v) is 4.57. The van der Waals surface area contributed by atoms with Crippen molar-refractivity contribution < 1.29 is 36.8 Å². The summed E-state index contributed by atoms with van der Waals surface area (Å²) in [6.45, 7) is 3.46. The van der Waals surface area contributed by atoms with Crippen molar-refractivity contribution in [2.24, 2.45) is 0 Å². The van der Waals surface area contributed by atoms with Crippen LogP contribution in [-0.4, -0.2) is 17.2 Å². The maximum atomic E-state index is 12.5. The number of nitrogens with zero attached hydrogens (tertiary/aromatic N) is 1. The number of furan rings is 1. The zero-order chi connectivity index (χ0) is 24.2. The molecule has 11 heteroatoms. The van der Waals surface area contributed by atoms with E-state index in [1.807, 2.05) is 0 Å². The predicted octanol–water partition coefficient (Wildman–Crippen LogP) is 5.33. The molecule has 1 N–H and O–H groups in total. The molecule has 0 radical (unpaired) electrons. The summed E-state index contributed by atoms with van der Waals surface area (Å²) in [5.41, 5.74) is 0.524. The van der Waals surface area contributed by atoms with Crippen LogP contribution in [0.4, 0.5) is 19.1 Å². The predicted molar refractivity (Wildman–Crippen MR) is 110 cm³/mol. The van der Waals surface area contributed by atoms with Gasteiger partial charge in [0.05, 0.1) is 11.6 Å². The first kappa shape index (κ1) is 23.6. The van der Waals surface area contributed by atoms with Crippen molar-refractivity contribution >= 4 is 11.8 Å². The number of nitro groups is 1. The van der Waals surface area contributed by atoms with Gasteiger partial charge in [-0.15, -0.1) is 13.2 Å². The molecular formula is C22H19F3N2O6. The van der Waals surface area contributed by atoms with Crippen LogP contribution in [0.3, 0.4) is 0 Å². The first-order chi connectivity index (χ1) is 15.4. The lowest BCUT2D eigenvalue weighted by molar-refractivity contribution is -0.402. The van der Waals surface area contributed by atoms with Crippen LogP contribution >= 0.6 is 0 Å². The van der Waals surface area contributed by atoms with E-state index in [9.17, 15) is 28.1 Å². The number of rotatable bonds is 8. The van der Waals surface area contributed by atoms with Gasteiger partial charge < -0.3 is 19.2 Å². The molecule has 0 spiro atoms. The van der Waals surface area contributed by atoms with E-state index in [0.29, 0.717) is 11.1 Å². The number of benzene rings is 2. The zero-order valence-corrected chi connectivity index (χ0v) is 17.5. The van der Waals surface area contributed by atoms with Gasteiger partial charge in [-0.1, -0.05) is 36.4 Å². The van der Waals surface area contributed by atoms with Gasteiger partial charge in [0.15, 0.2) is 17.3 Å². The van der Waals surface area contributed by atoms with Gasteiger partial charge in [-0.25, -0.2) is 0 Å². The topological polar surface area (TPSA) is 104 Å². The Hall–Kier alpha value is -4.02. The largest absolute Gasteiger partial charge is 0.573 e. The van der Waals surface area contributed by atoms with Crippen LogP contribution in [0, 0.1) is 10.1 Å². The van der Waals surface area contributed by atoms with E-state index in [0.717, 1.165) is 12.1 Å². The highest BCUT2D eigenvalue weighted by atomic mass is 19.4. The quantitative estimate of drug-likeness (QED) is 0.357. The average molecular weight is 464 g/mol. The second kappa shape index (κ2) is 9.23. The number of alkyl halides is 3. The summed E-state index contributed by atoms with van der Waals surface area (Å²) < 4.78 is 52.0. The second-order valence-corrected chi connectivity index (χ2v) is 7.45. The van der Waals surface area contributed by atoms with Crippen LogP contribution in [0.1, 0.15) is 35.5 Å². The molecule has 0 aliphatic heterocycles. The van der Waals surface area contributed by atoms with Crippen LogP contribution in [0.5, 0.6) is 11.5 Å². The lowest BCUT2D eigenvalue weighted by atomic mass is 9.93. The zero-order valence-electron chi connectivity index (χ0n) is 17.5. The lowest BCUT2D eigenvalue weighted by Crippen LogP contribution is -2.40. The molecule has 0 fully saturated rings. The first-order valence-corrected chi connectivity index (χ1v) is 9.58. The van der Waals surface area contributed by atoms with E-state index < -0.39 is 34.4 Å². The SMILES string of the molecule is CC(C)(NC(=O)c1ccc([N+](=O)[O-])o1)c1ccc(COc2ccccc2OC(F)(F)F)cc1. The van der Waals surface area contributed by atoms with Gasteiger partial charge in [0.25, 0.3) is 5.91 Å². The second-order valence-electron chi connectivity index (χ2n) is 7.45. The first-order valence-electron chi connectivity index (χ1n) is 9.58. The molecular weight excluding hydrogens is 445 g/mol. The van der Waals surface area contributed by atoms with Crippen molar-refractivity contribution in [1.82, 2.24) is 5.32 Å². The molecule has 1 heterocycles. The molecule has 3 aromatic rings. The van der Waals surface area contributed by atoms with E-state index in [4.69, 9.17) is 9.15 Å². The molecule has 0 unspecified atom stereocenters. The number of ether oxygens (including phenoxy) is 2. The number of hydrogen-bond acceptors (Lipinski definition) is 6. The fourth-order valence-electron chi connectivity index (χ4n) is 2.92. The molecule has 1 aromatic heterocycles. The highest BCUT2D eigenvalue weighted by Gasteiger charge is 2.32. The van der Waals surface area contributed by atoms with Crippen LogP contribution in [-0.2, 0) is 12.1 Å². The normalized spacial score (nSPS) is 11.7. The highest BCUT2D eigenvalue weighted by molar-refractivity contribution is 5.92. The summed E-state index contributed by atoms with van der Waals surface area (Å²) in [6.07, 6.45) is -4.84. The van der Waals surface area contributed by atoms with Gasteiger partial charge in [0, 0.05) is 0 Å². The third-order valence-electron chi connectivity index (χ3n) is 4.57. The maximum absolute atomic E-state index is 12.5. The highest BCUT2D eigenvalue weighted by Crippen LogP contribution is 2.32. The van der Waals surface area contributed by atoms with Crippen molar-refractivity contribution in [3.05, 3.63) is 87.7 Å². The minimum Gasteiger partial charge on any atom is -0.485 e. The smallest absolute Gasteiger partial charge is 0.485 e. The van der Waals surface area contributed by atoms with Crippen molar-refractivity contribution in [2.75, 3.05) is 0 Å². The number of para-hydroxylation sites is 2. The maximum Gasteiger partial charge on any atom is 0.573 e. The van der Waals surface area contributed by atoms with Crippen LogP contribution in [0.2, 0.25) is 0 Å².